The number of hydrogen-bond donors (Lipinski definition) is 1. The SMILES string of the molecule is Cc1cccc(C)c1NC(=O)[C@@H](C)N1C(=O)c2ccccc2S1(=O)=O. The highest BCUT2D eigenvalue weighted by Crippen LogP contribution is 2.32. The zero-order valence-corrected chi connectivity index (χ0v) is 14.9. The van der Waals surface area contributed by atoms with Gasteiger partial charge in [0.2, 0.25) is 5.91 Å². The number of anilines is 1. The molecule has 0 radical (unpaired) electrons. The fraction of sp³-hybridized carbons (Fsp3) is 0.222. The van der Waals surface area contributed by atoms with Crippen molar-refractivity contribution in [2.24, 2.45) is 0 Å². The van der Waals surface area contributed by atoms with E-state index in [9.17, 15) is 18.0 Å². The molecule has 0 aromatic heterocycles. The van der Waals surface area contributed by atoms with E-state index in [1.54, 1.807) is 12.1 Å². The molecule has 0 fully saturated rings. The molecule has 0 saturated carbocycles. The molecule has 0 saturated heterocycles. The maximum atomic E-state index is 12.7. The number of carbonyl (C=O) groups is 2. The van der Waals surface area contributed by atoms with Crippen molar-refractivity contribution in [1.29, 1.82) is 0 Å². The number of hydrogen-bond acceptors (Lipinski definition) is 4. The number of para-hydroxylation sites is 1. The summed E-state index contributed by atoms with van der Waals surface area (Å²) >= 11 is 0. The van der Waals surface area contributed by atoms with E-state index in [-0.39, 0.29) is 10.5 Å². The maximum Gasteiger partial charge on any atom is 0.269 e. The number of nitrogens with zero attached hydrogens (tertiary/aromatic N) is 1. The molecule has 2 aromatic carbocycles. The lowest BCUT2D eigenvalue weighted by atomic mass is 10.1. The third kappa shape index (κ3) is 2.70. The number of benzene rings is 2. The third-order valence-corrected chi connectivity index (χ3v) is 6.23. The van der Waals surface area contributed by atoms with Gasteiger partial charge in [-0.25, -0.2) is 12.7 Å². The average Bonchev–Trinajstić information content (AvgIpc) is 2.77. The van der Waals surface area contributed by atoms with Crippen LogP contribution >= 0.6 is 0 Å². The van der Waals surface area contributed by atoms with Crippen LogP contribution in [-0.4, -0.2) is 30.6 Å². The van der Waals surface area contributed by atoms with Gasteiger partial charge in [-0.3, -0.25) is 9.59 Å². The van der Waals surface area contributed by atoms with Crippen LogP contribution in [0.2, 0.25) is 0 Å². The van der Waals surface area contributed by atoms with Crippen LogP contribution in [-0.2, 0) is 14.8 Å². The molecule has 2 amide bonds. The lowest BCUT2D eigenvalue weighted by Gasteiger charge is -2.23. The molecule has 1 aliphatic rings. The summed E-state index contributed by atoms with van der Waals surface area (Å²) in [6, 6.07) is 10.4. The Hall–Kier alpha value is -2.67. The van der Waals surface area contributed by atoms with Crippen molar-refractivity contribution in [3.63, 3.8) is 0 Å². The van der Waals surface area contributed by atoms with E-state index in [1.807, 2.05) is 32.0 Å². The molecule has 1 atom stereocenters. The summed E-state index contributed by atoms with van der Waals surface area (Å²) in [4.78, 5) is 25.1. The first-order valence-corrected chi connectivity index (χ1v) is 9.24. The van der Waals surface area contributed by atoms with E-state index < -0.39 is 27.9 Å². The average molecular weight is 358 g/mol. The summed E-state index contributed by atoms with van der Waals surface area (Å²) in [5.74, 6) is -1.23. The first-order valence-electron chi connectivity index (χ1n) is 7.80. The molecule has 6 nitrogen and oxygen atoms in total. The van der Waals surface area contributed by atoms with Crippen LogP contribution < -0.4 is 5.32 Å². The summed E-state index contributed by atoms with van der Waals surface area (Å²) in [6.45, 7) is 5.10. The Kier molecular flexibility index (Phi) is 4.12. The second-order valence-corrected chi connectivity index (χ2v) is 7.82. The highest BCUT2D eigenvalue weighted by atomic mass is 32.2. The van der Waals surface area contributed by atoms with Crippen LogP contribution in [0.1, 0.15) is 28.4 Å². The van der Waals surface area contributed by atoms with E-state index in [1.165, 1.54) is 19.1 Å². The van der Waals surface area contributed by atoms with E-state index in [0.29, 0.717) is 9.99 Å². The standard InChI is InChI=1S/C18H18N2O4S/c1-11-7-6-8-12(2)16(11)19-17(21)13(3)20-18(22)14-9-4-5-10-15(14)25(20,23)24/h4-10,13H,1-3H3,(H,19,21)/t13-/m1/s1. The molecule has 2 aromatic rings. The summed E-state index contributed by atoms with van der Waals surface area (Å²) in [6.07, 6.45) is 0. The number of amides is 2. The number of nitrogens with one attached hydrogen (secondary N) is 1. The van der Waals surface area contributed by atoms with Crippen molar-refractivity contribution in [1.82, 2.24) is 4.31 Å². The van der Waals surface area contributed by atoms with Crippen molar-refractivity contribution in [3.05, 3.63) is 59.2 Å². The lowest BCUT2D eigenvalue weighted by molar-refractivity contribution is -0.118. The van der Waals surface area contributed by atoms with Gasteiger partial charge in [0.15, 0.2) is 0 Å². The van der Waals surface area contributed by atoms with Crippen LogP contribution in [0.15, 0.2) is 47.4 Å². The molecule has 0 spiro atoms. The Balaban J connectivity index is 1.93. The molecule has 0 bridgehead atoms. The van der Waals surface area contributed by atoms with E-state index in [0.717, 1.165) is 11.1 Å². The van der Waals surface area contributed by atoms with Crippen molar-refractivity contribution in [2.45, 2.75) is 31.7 Å². The molecule has 25 heavy (non-hydrogen) atoms. The second-order valence-electron chi connectivity index (χ2n) is 6.03. The number of carbonyl (C=O) groups excluding carboxylic acids is 2. The van der Waals surface area contributed by atoms with Gasteiger partial charge in [-0.2, -0.15) is 0 Å². The quantitative estimate of drug-likeness (QED) is 0.914. The fourth-order valence-corrected chi connectivity index (χ4v) is 4.66. The molecule has 1 aliphatic heterocycles. The highest BCUT2D eigenvalue weighted by molar-refractivity contribution is 7.90. The Morgan fingerprint density at radius 2 is 1.64 bits per heavy atom. The van der Waals surface area contributed by atoms with Gasteiger partial charge in [-0.15, -0.1) is 0 Å². The van der Waals surface area contributed by atoms with Crippen LogP contribution in [0.3, 0.4) is 0 Å². The van der Waals surface area contributed by atoms with Gasteiger partial charge in [0.05, 0.1) is 5.56 Å². The van der Waals surface area contributed by atoms with Gasteiger partial charge in [0.25, 0.3) is 15.9 Å². The van der Waals surface area contributed by atoms with E-state index in [2.05, 4.69) is 5.32 Å². The molecule has 0 aliphatic carbocycles. The Bertz CT molecular complexity index is 962. The minimum absolute atomic E-state index is 0.0632. The van der Waals surface area contributed by atoms with Crippen LogP contribution in [0.4, 0.5) is 5.69 Å². The molecule has 130 valence electrons. The summed E-state index contributed by atoms with van der Waals surface area (Å²) in [5.41, 5.74) is 2.44. The smallest absolute Gasteiger partial charge is 0.269 e. The zero-order valence-electron chi connectivity index (χ0n) is 14.1. The Morgan fingerprint density at radius 1 is 1.04 bits per heavy atom. The maximum absolute atomic E-state index is 12.7. The van der Waals surface area contributed by atoms with Gasteiger partial charge in [-0.1, -0.05) is 30.3 Å². The molecular formula is C18H18N2O4S. The lowest BCUT2D eigenvalue weighted by Crippen LogP contribution is -2.45. The number of rotatable bonds is 3. The number of sulfonamides is 1. The first-order chi connectivity index (χ1) is 11.7. The normalized spacial score (nSPS) is 16.4. The van der Waals surface area contributed by atoms with Crippen LogP contribution in [0, 0.1) is 13.8 Å². The highest BCUT2D eigenvalue weighted by Gasteiger charge is 2.45. The third-order valence-electron chi connectivity index (χ3n) is 4.32. The van der Waals surface area contributed by atoms with Gasteiger partial charge in [-0.05, 0) is 44.0 Å². The van der Waals surface area contributed by atoms with E-state index in [4.69, 9.17) is 0 Å². The minimum Gasteiger partial charge on any atom is -0.324 e. The van der Waals surface area contributed by atoms with Crippen molar-refractivity contribution >= 4 is 27.5 Å². The Morgan fingerprint density at radius 3 is 2.24 bits per heavy atom. The predicted molar refractivity (Wildman–Crippen MR) is 93.8 cm³/mol. The zero-order chi connectivity index (χ0) is 18.4. The van der Waals surface area contributed by atoms with Crippen LogP contribution in [0.5, 0.6) is 0 Å². The summed E-state index contributed by atoms with van der Waals surface area (Å²) in [5, 5.41) is 2.74. The second kappa shape index (κ2) is 6.00. The van der Waals surface area contributed by atoms with Gasteiger partial charge < -0.3 is 5.32 Å². The van der Waals surface area contributed by atoms with Crippen molar-refractivity contribution in [2.75, 3.05) is 5.32 Å². The number of fused-ring (bicyclic) bond motifs is 1. The van der Waals surface area contributed by atoms with Crippen molar-refractivity contribution in [3.8, 4) is 0 Å². The Labute approximate surface area is 146 Å². The summed E-state index contributed by atoms with van der Waals surface area (Å²) < 4.78 is 26.0. The molecule has 0 unspecified atom stereocenters. The van der Waals surface area contributed by atoms with Crippen LogP contribution in [0.25, 0.3) is 0 Å². The minimum atomic E-state index is -4.03. The van der Waals surface area contributed by atoms with Gasteiger partial charge >= 0.3 is 0 Å². The molecule has 1 N–H and O–H groups in total. The first kappa shape index (κ1) is 17.2. The fourth-order valence-electron chi connectivity index (χ4n) is 2.93. The molecule has 7 heteroatoms. The monoisotopic (exact) mass is 358 g/mol. The molecular weight excluding hydrogens is 340 g/mol. The topological polar surface area (TPSA) is 83.6 Å². The van der Waals surface area contributed by atoms with Gasteiger partial charge in [0.1, 0.15) is 10.9 Å². The predicted octanol–water partition coefficient (Wildman–Crippen LogP) is 2.48. The van der Waals surface area contributed by atoms with Gasteiger partial charge in [0, 0.05) is 5.69 Å². The molecule has 1 heterocycles. The number of aryl methyl sites for hydroxylation is 2. The van der Waals surface area contributed by atoms with E-state index >= 15 is 0 Å². The summed E-state index contributed by atoms with van der Waals surface area (Å²) in [7, 11) is -4.03. The van der Waals surface area contributed by atoms with Crippen molar-refractivity contribution < 1.29 is 18.0 Å². The molecule has 3 rings (SSSR count). The largest absolute Gasteiger partial charge is 0.324 e.